The fourth-order valence-electron chi connectivity index (χ4n) is 2.16. The summed E-state index contributed by atoms with van der Waals surface area (Å²) in [5.74, 6) is -0.354. The molecule has 114 valence electrons. The molecule has 0 saturated heterocycles. The van der Waals surface area contributed by atoms with E-state index in [1.54, 1.807) is 36.4 Å². The van der Waals surface area contributed by atoms with Gasteiger partial charge >= 0.3 is 0 Å². The molecule has 0 unspecified atom stereocenters. The molecule has 6 heteroatoms. The molecular weight excluding hydrogens is 310 g/mol. The van der Waals surface area contributed by atoms with E-state index in [1.165, 1.54) is 10.8 Å². The summed E-state index contributed by atoms with van der Waals surface area (Å²) in [6.07, 6.45) is 1.41. The number of carbonyl (C=O) groups is 1. The van der Waals surface area contributed by atoms with Gasteiger partial charge in [0.25, 0.3) is 11.5 Å². The zero-order chi connectivity index (χ0) is 16.2. The van der Waals surface area contributed by atoms with Crippen molar-refractivity contribution in [3.05, 3.63) is 87.5 Å². The predicted molar refractivity (Wildman–Crippen MR) is 91.6 cm³/mol. The minimum absolute atomic E-state index is 0.135. The second-order valence-corrected chi connectivity index (χ2v) is 5.19. The summed E-state index contributed by atoms with van der Waals surface area (Å²) < 4.78 is 1.61. The molecule has 3 aromatic rings. The minimum Gasteiger partial charge on any atom is -0.336 e. The molecule has 1 aromatic heterocycles. The van der Waals surface area contributed by atoms with E-state index in [9.17, 15) is 9.59 Å². The Labute approximate surface area is 137 Å². The Bertz CT molecular complexity index is 947. The number of carbonyl (C=O) groups excluding carboxylic acids is 1. The number of hydrogen-bond donors (Lipinski definition) is 2. The van der Waals surface area contributed by atoms with Gasteiger partial charge in [-0.15, -0.1) is 0 Å². The third-order valence-electron chi connectivity index (χ3n) is 3.28. The van der Waals surface area contributed by atoms with Crippen molar-refractivity contribution in [1.82, 2.24) is 9.55 Å². The van der Waals surface area contributed by atoms with Crippen LogP contribution in [0.4, 0.5) is 5.69 Å². The molecule has 23 heavy (non-hydrogen) atoms. The standard InChI is InChI=1S/C17H13N3O2S/c21-15(12-7-3-1-4-8-12)19-14-11-18-17(23)20(16(14)22)13-9-5-2-6-10-13/h1-11H,(H,18,23)(H,19,21). The summed E-state index contributed by atoms with van der Waals surface area (Å²) in [6, 6.07) is 17.7. The van der Waals surface area contributed by atoms with Crippen LogP contribution >= 0.6 is 12.2 Å². The maximum atomic E-state index is 12.6. The van der Waals surface area contributed by atoms with Gasteiger partial charge in [-0.3, -0.25) is 14.2 Å². The average molecular weight is 323 g/mol. The fraction of sp³-hybridized carbons (Fsp3) is 0. The maximum absolute atomic E-state index is 12.6. The Morgan fingerprint density at radius 1 is 1.00 bits per heavy atom. The van der Waals surface area contributed by atoms with E-state index in [0.29, 0.717) is 11.3 Å². The fourth-order valence-corrected chi connectivity index (χ4v) is 2.41. The van der Waals surface area contributed by atoms with E-state index < -0.39 is 0 Å². The Kier molecular flexibility index (Phi) is 4.16. The lowest BCUT2D eigenvalue weighted by atomic mass is 10.2. The van der Waals surface area contributed by atoms with Crippen LogP contribution in [-0.2, 0) is 0 Å². The Balaban J connectivity index is 2.01. The zero-order valence-corrected chi connectivity index (χ0v) is 12.8. The third-order valence-corrected chi connectivity index (χ3v) is 3.58. The molecule has 2 N–H and O–H groups in total. The number of aromatic nitrogens is 2. The second-order valence-electron chi connectivity index (χ2n) is 4.80. The molecule has 0 radical (unpaired) electrons. The first kappa shape index (κ1) is 14.9. The van der Waals surface area contributed by atoms with Crippen LogP contribution in [0.2, 0.25) is 0 Å². The van der Waals surface area contributed by atoms with Gasteiger partial charge in [0.1, 0.15) is 5.69 Å². The van der Waals surface area contributed by atoms with Gasteiger partial charge in [-0.05, 0) is 36.5 Å². The lowest BCUT2D eigenvalue weighted by molar-refractivity contribution is 0.102. The van der Waals surface area contributed by atoms with Gasteiger partial charge in [-0.25, -0.2) is 0 Å². The van der Waals surface area contributed by atoms with Crippen molar-refractivity contribution in [3.63, 3.8) is 0 Å². The third kappa shape index (κ3) is 3.12. The van der Waals surface area contributed by atoms with Crippen LogP contribution in [0.3, 0.4) is 0 Å². The van der Waals surface area contributed by atoms with Crippen LogP contribution in [0.1, 0.15) is 10.4 Å². The largest absolute Gasteiger partial charge is 0.336 e. The Morgan fingerprint density at radius 3 is 2.26 bits per heavy atom. The molecule has 0 saturated carbocycles. The van der Waals surface area contributed by atoms with Gasteiger partial charge in [0, 0.05) is 11.8 Å². The number of amides is 1. The van der Waals surface area contributed by atoms with E-state index in [4.69, 9.17) is 12.2 Å². The van der Waals surface area contributed by atoms with Crippen LogP contribution in [0.15, 0.2) is 71.7 Å². The van der Waals surface area contributed by atoms with E-state index in [1.807, 2.05) is 24.3 Å². The Morgan fingerprint density at radius 2 is 1.61 bits per heavy atom. The molecule has 0 fully saturated rings. The van der Waals surface area contributed by atoms with Crippen molar-refractivity contribution in [3.8, 4) is 5.69 Å². The molecule has 1 amide bonds. The maximum Gasteiger partial charge on any atom is 0.282 e. The van der Waals surface area contributed by atoms with Gasteiger partial charge in [0.15, 0.2) is 4.77 Å². The highest BCUT2D eigenvalue weighted by molar-refractivity contribution is 7.71. The molecule has 3 rings (SSSR count). The van der Waals surface area contributed by atoms with Crippen LogP contribution in [0.25, 0.3) is 5.69 Å². The van der Waals surface area contributed by atoms with Crippen molar-refractivity contribution >= 4 is 23.8 Å². The molecule has 0 aliphatic rings. The Hall–Kier alpha value is -2.99. The molecule has 5 nitrogen and oxygen atoms in total. The molecule has 0 atom stereocenters. The quantitative estimate of drug-likeness (QED) is 0.728. The monoisotopic (exact) mass is 323 g/mol. The highest BCUT2D eigenvalue weighted by Gasteiger charge is 2.11. The molecule has 0 aliphatic heterocycles. The summed E-state index contributed by atoms with van der Waals surface area (Å²) in [7, 11) is 0. The summed E-state index contributed by atoms with van der Waals surface area (Å²) in [6.45, 7) is 0. The van der Waals surface area contributed by atoms with Crippen molar-refractivity contribution < 1.29 is 4.79 Å². The smallest absolute Gasteiger partial charge is 0.282 e. The molecule has 0 bridgehead atoms. The second kappa shape index (κ2) is 6.41. The predicted octanol–water partition coefficient (Wildman–Crippen LogP) is 3.15. The summed E-state index contributed by atoms with van der Waals surface area (Å²) >= 11 is 5.18. The number of benzene rings is 2. The molecule has 0 spiro atoms. The number of aromatic amines is 1. The summed E-state index contributed by atoms with van der Waals surface area (Å²) in [5.41, 5.74) is 0.857. The van der Waals surface area contributed by atoms with E-state index >= 15 is 0 Å². The first-order valence-corrected chi connectivity index (χ1v) is 7.34. The number of rotatable bonds is 3. The van der Waals surface area contributed by atoms with Crippen LogP contribution in [0.5, 0.6) is 0 Å². The lowest BCUT2D eigenvalue weighted by Crippen LogP contribution is -2.26. The number of para-hydroxylation sites is 1. The van der Waals surface area contributed by atoms with Gasteiger partial charge in [0.05, 0.1) is 5.69 Å². The van der Waals surface area contributed by atoms with Crippen LogP contribution < -0.4 is 10.9 Å². The molecule has 2 aromatic carbocycles. The summed E-state index contributed by atoms with van der Waals surface area (Å²) in [4.78, 5) is 27.6. The van der Waals surface area contributed by atoms with Crippen LogP contribution in [0, 0.1) is 4.77 Å². The average Bonchev–Trinajstić information content (AvgIpc) is 2.59. The number of anilines is 1. The molecular formula is C17H13N3O2S. The van der Waals surface area contributed by atoms with Crippen molar-refractivity contribution in [2.45, 2.75) is 0 Å². The molecule has 1 heterocycles. The van der Waals surface area contributed by atoms with E-state index in [2.05, 4.69) is 10.3 Å². The minimum atomic E-state index is -0.385. The first-order chi connectivity index (χ1) is 11.2. The number of nitrogens with zero attached hydrogens (tertiary/aromatic N) is 1. The zero-order valence-electron chi connectivity index (χ0n) is 12.0. The number of nitrogens with one attached hydrogen (secondary N) is 2. The number of hydrogen-bond acceptors (Lipinski definition) is 3. The summed E-state index contributed by atoms with van der Waals surface area (Å²) in [5, 5.41) is 2.61. The normalized spacial score (nSPS) is 10.3. The highest BCUT2D eigenvalue weighted by atomic mass is 32.1. The van der Waals surface area contributed by atoms with Gasteiger partial charge < -0.3 is 10.3 Å². The van der Waals surface area contributed by atoms with Crippen molar-refractivity contribution in [1.29, 1.82) is 0 Å². The highest BCUT2D eigenvalue weighted by Crippen LogP contribution is 2.08. The van der Waals surface area contributed by atoms with Gasteiger partial charge in [-0.1, -0.05) is 36.4 Å². The number of H-pyrrole nitrogens is 1. The first-order valence-electron chi connectivity index (χ1n) is 6.93. The lowest BCUT2D eigenvalue weighted by Gasteiger charge is -2.09. The van der Waals surface area contributed by atoms with E-state index in [0.717, 1.165) is 0 Å². The van der Waals surface area contributed by atoms with E-state index in [-0.39, 0.29) is 21.9 Å². The van der Waals surface area contributed by atoms with Gasteiger partial charge in [-0.2, -0.15) is 0 Å². The topological polar surface area (TPSA) is 66.9 Å². The van der Waals surface area contributed by atoms with Gasteiger partial charge in [0.2, 0.25) is 0 Å². The molecule has 0 aliphatic carbocycles. The van der Waals surface area contributed by atoms with Crippen LogP contribution in [-0.4, -0.2) is 15.5 Å². The van der Waals surface area contributed by atoms with Crippen molar-refractivity contribution in [2.75, 3.05) is 5.32 Å². The van der Waals surface area contributed by atoms with Crippen molar-refractivity contribution in [2.24, 2.45) is 0 Å². The SMILES string of the molecule is O=C(Nc1c[nH]c(=S)n(-c2ccccc2)c1=O)c1ccccc1.